The van der Waals surface area contributed by atoms with Gasteiger partial charge in [-0.1, -0.05) is 18.2 Å². The number of amides is 1. The van der Waals surface area contributed by atoms with Gasteiger partial charge in [-0.25, -0.2) is 0 Å². The van der Waals surface area contributed by atoms with Crippen LogP contribution in [0.2, 0.25) is 0 Å². The minimum Gasteiger partial charge on any atom is -0.494 e. The fraction of sp³-hybridized carbons (Fsp3) is 0.222. The summed E-state index contributed by atoms with van der Waals surface area (Å²) in [5.41, 5.74) is 0.0823. The first kappa shape index (κ1) is 20.2. The normalized spacial score (nSPS) is 11.3. The fourth-order valence-corrected chi connectivity index (χ4v) is 2.98. The summed E-state index contributed by atoms with van der Waals surface area (Å²) in [7, 11) is 1.33. The Balaban J connectivity index is 1.88. The van der Waals surface area contributed by atoms with E-state index in [-0.39, 0.29) is 17.1 Å². The molecule has 1 amide bonds. The maximum Gasteiger partial charge on any atom is 0.319 e. The van der Waals surface area contributed by atoms with E-state index in [0.29, 0.717) is 0 Å². The largest absolute Gasteiger partial charge is 0.494 e. The van der Waals surface area contributed by atoms with Gasteiger partial charge in [0.1, 0.15) is 11.0 Å². The van der Waals surface area contributed by atoms with Gasteiger partial charge in [0.05, 0.1) is 23.8 Å². The number of carbonyl (C=O) groups excluding carboxylic acids is 2. The smallest absolute Gasteiger partial charge is 0.319 e. The summed E-state index contributed by atoms with van der Waals surface area (Å²) >= 11 is 1.33. The van der Waals surface area contributed by atoms with Crippen LogP contribution in [0.4, 0.5) is 11.4 Å². The number of esters is 1. The van der Waals surface area contributed by atoms with E-state index >= 15 is 0 Å². The van der Waals surface area contributed by atoms with Crippen molar-refractivity contribution in [1.82, 2.24) is 0 Å². The van der Waals surface area contributed by atoms with Gasteiger partial charge in [-0.3, -0.25) is 19.7 Å². The van der Waals surface area contributed by atoms with Gasteiger partial charge < -0.3 is 14.8 Å². The van der Waals surface area contributed by atoms with Gasteiger partial charge in [0, 0.05) is 11.0 Å². The van der Waals surface area contributed by atoms with Crippen molar-refractivity contribution in [2.24, 2.45) is 0 Å². The van der Waals surface area contributed by atoms with Crippen molar-refractivity contribution < 1.29 is 24.0 Å². The van der Waals surface area contributed by atoms with Crippen molar-refractivity contribution >= 4 is 35.0 Å². The summed E-state index contributed by atoms with van der Waals surface area (Å²) < 4.78 is 10.1. The van der Waals surface area contributed by atoms with Gasteiger partial charge in [-0.2, -0.15) is 0 Å². The number of thioether (sulfide) groups is 1. The summed E-state index contributed by atoms with van der Waals surface area (Å²) in [6.07, 6.45) is 0. The molecule has 2 rings (SSSR count). The summed E-state index contributed by atoms with van der Waals surface area (Å²) in [4.78, 5) is 35.2. The van der Waals surface area contributed by atoms with Crippen LogP contribution in [0.5, 0.6) is 5.75 Å². The fourth-order valence-electron chi connectivity index (χ4n) is 2.09. The maximum absolute atomic E-state index is 12.0. The molecule has 8 nitrogen and oxygen atoms in total. The SMILES string of the molecule is COc1cc([N+](=O)[O-])ccc1NC(=O)COC(=O)[C@H](C)Sc1ccccc1. The van der Waals surface area contributed by atoms with E-state index in [1.54, 1.807) is 6.92 Å². The molecule has 0 aromatic heterocycles. The Morgan fingerprint density at radius 3 is 2.56 bits per heavy atom. The third-order valence-corrected chi connectivity index (χ3v) is 4.49. The Morgan fingerprint density at radius 2 is 1.93 bits per heavy atom. The number of ether oxygens (including phenoxy) is 2. The Labute approximate surface area is 160 Å². The van der Waals surface area contributed by atoms with Gasteiger partial charge in [0.25, 0.3) is 11.6 Å². The van der Waals surface area contributed by atoms with E-state index in [2.05, 4.69) is 5.32 Å². The third kappa shape index (κ3) is 6.00. The summed E-state index contributed by atoms with van der Waals surface area (Å²) in [6.45, 7) is 1.22. The molecule has 2 aromatic rings. The topological polar surface area (TPSA) is 108 Å². The zero-order valence-electron chi connectivity index (χ0n) is 14.7. The standard InChI is InChI=1S/C18H18N2O6S/c1-12(27-14-6-4-3-5-7-14)18(22)26-11-17(21)19-15-9-8-13(20(23)24)10-16(15)25-2/h3-10,12H,11H2,1-2H3,(H,19,21)/t12-/m0/s1. The van der Waals surface area contributed by atoms with Gasteiger partial charge in [0.2, 0.25) is 0 Å². The zero-order chi connectivity index (χ0) is 19.8. The number of methoxy groups -OCH3 is 1. The summed E-state index contributed by atoms with van der Waals surface area (Å²) in [5.74, 6) is -0.959. The lowest BCUT2D eigenvalue weighted by Gasteiger charge is -2.12. The van der Waals surface area contributed by atoms with Crippen molar-refractivity contribution in [3.05, 3.63) is 58.6 Å². The van der Waals surface area contributed by atoms with E-state index in [4.69, 9.17) is 9.47 Å². The van der Waals surface area contributed by atoms with Crippen molar-refractivity contribution in [3.8, 4) is 5.75 Å². The van der Waals surface area contributed by atoms with Crippen LogP contribution in [0.15, 0.2) is 53.4 Å². The molecular formula is C18H18N2O6S. The minimum atomic E-state index is -0.576. The second-order valence-electron chi connectivity index (χ2n) is 5.37. The van der Waals surface area contributed by atoms with Crippen LogP contribution in [-0.2, 0) is 14.3 Å². The molecule has 0 aliphatic rings. The number of anilines is 1. The van der Waals surface area contributed by atoms with Crippen LogP contribution < -0.4 is 10.1 Å². The maximum atomic E-state index is 12.0. The first-order valence-corrected chi connectivity index (χ1v) is 8.79. The molecule has 0 radical (unpaired) electrons. The third-order valence-electron chi connectivity index (χ3n) is 3.40. The van der Waals surface area contributed by atoms with Gasteiger partial charge in [-0.15, -0.1) is 11.8 Å². The average Bonchev–Trinajstić information content (AvgIpc) is 2.66. The number of nitrogens with zero attached hydrogens (tertiary/aromatic N) is 1. The molecule has 142 valence electrons. The first-order chi connectivity index (χ1) is 12.9. The Hall–Kier alpha value is -3.07. The van der Waals surface area contributed by atoms with E-state index in [0.717, 1.165) is 4.90 Å². The summed E-state index contributed by atoms with van der Waals surface area (Å²) in [5, 5.41) is 12.8. The molecule has 0 saturated heterocycles. The molecule has 0 fully saturated rings. The van der Waals surface area contributed by atoms with Crippen LogP contribution in [0.3, 0.4) is 0 Å². The lowest BCUT2D eigenvalue weighted by molar-refractivity contribution is -0.384. The number of carbonyl (C=O) groups is 2. The number of hydrogen-bond acceptors (Lipinski definition) is 7. The summed E-state index contributed by atoms with van der Waals surface area (Å²) in [6, 6.07) is 13.2. The Kier molecular flexibility index (Phi) is 7.18. The molecular weight excluding hydrogens is 372 g/mol. The van der Waals surface area contributed by atoms with E-state index in [9.17, 15) is 19.7 Å². The number of nitrogens with one attached hydrogen (secondary N) is 1. The van der Waals surface area contributed by atoms with Gasteiger partial charge in [-0.05, 0) is 25.1 Å². The number of nitro groups is 1. The molecule has 27 heavy (non-hydrogen) atoms. The zero-order valence-corrected chi connectivity index (χ0v) is 15.5. The molecule has 1 N–H and O–H groups in total. The molecule has 0 unspecified atom stereocenters. The number of non-ortho nitro benzene ring substituents is 1. The van der Waals surface area contributed by atoms with Crippen LogP contribution in [-0.4, -0.2) is 35.8 Å². The Morgan fingerprint density at radius 1 is 1.22 bits per heavy atom. The average molecular weight is 390 g/mol. The van der Waals surface area contributed by atoms with Crippen molar-refractivity contribution in [1.29, 1.82) is 0 Å². The number of hydrogen-bond donors (Lipinski definition) is 1. The second kappa shape index (κ2) is 9.58. The first-order valence-electron chi connectivity index (χ1n) is 7.91. The molecule has 0 aliphatic heterocycles. The number of benzene rings is 2. The quantitative estimate of drug-likeness (QED) is 0.319. The predicted molar refractivity (Wildman–Crippen MR) is 101 cm³/mol. The molecule has 1 atom stereocenters. The van der Waals surface area contributed by atoms with Gasteiger partial charge in [0.15, 0.2) is 6.61 Å². The lowest BCUT2D eigenvalue weighted by atomic mass is 10.2. The second-order valence-corrected chi connectivity index (χ2v) is 6.78. The van der Waals surface area contributed by atoms with Crippen LogP contribution in [0.25, 0.3) is 0 Å². The molecule has 9 heteroatoms. The van der Waals surface area contributed by atoms with Crippen LogP contribution in [0.1, 0.15) is 6.92 Å². The van der Waals surface area contributed by atoms with Crippen molar-refractivity contribution in [2.45, 2.75) is 17.1 Å². The Bertz CT molecular complexity index is 828. The monoisotopic (exact) mass is 390 g/mol. The molecule has 0 heterocycles. The van der Waals surface area contributed by atoms with Crippen LogP contribution in [0, 0.1) is 10.1 Å². The van der Waals surface area contributed by atoms with Gasteiger partial charge >= 0.3 is 5.97 Å². The highest BCUT2D eigenvalue weighted by Gasteiger charge is 2.18. The van der Waals surface area contributed by atoms with E-state index in [1.165, 1.54) is 37.1 Å². The molecule has 0 aliphatic carbocycles. The van der Waals surface area contributed by atoms with E-state index in [1.807, 2.05) is 30.3 Å². The highest BCUT2D eigenvalue weighted by Crippen LogP contribution is 2.29. The highest BCUT2D eigenvalue weighted by molar-refractivity contribution is 8.00. The molecule has 0 saturated carbocycles. The van der Waals surface area contributed by atoms with E-state index < -0.39 is 28.7 Å². The highest BCUT2D eigenvalue weighted by atomic mass is 32.2. The molecule has 0 spiro atoms. The number of rotatable bonds is 8. The predicted octanol–water partition coefficient (Wildman–Crippen LogP) is 3.27. The molecule has 0 bridgehead atoms. The van der Waals surface area contributed by atoms with Crippen molar-refractivity contribution in [2.75, 3.05) is 19.0 Å². The molecule has 2 aromatic carbocycles. The van der Waals surface area contributed by atoms with Crippen molar-refractivity contribution in [3.63, 3.8) is 0 Å². The lowest BCUT2D eigenvalue weighted by Crippen LogP contribution is -2.25. The minimum absolute atomic E-state index is 0.136. The van der Waals surface area contributed by atoms with Crippen LogP contribution >= 0.6 is 11.8 Å². The number of nitro benzene ring substituents is 1.